The molecule has 0 atom stereocenters. The zero-order chi connectivity index (χ0) is 38.4. The van der Waals surface area contributed by atoms with Crippen molar-refractivity contribution in [3.63, 3.8) is 0 Å². The summed E-state index contributed by atoms with van der Waals surface area (Å²) in [5.41, 5.74) is 14.8. The first-order valence-electron chi connectivity index (χ1n) is 18.5. The van der Waals surface area contributed by atoms with Gasteiger partial charge in [-0.1, -0.05) is 147 Å². The largest absolute Gasteiger partial charge is 0.388 e. The van der Waals surface area contributed by atoms with Crippen molar-refractivity contribution < 1.29 is 0 Å². The van der Waals surface area contributed by atoms with E-state index in [4.69, 9.17) is 0 Å². The van der Waals surface area contributed by atoms with Crippen LogP contribution in [0.5, 0.6) is 0 Å². The van der Waals surface area contributed by atoms with Gasteiger partial charge in [0.15, 0.2) is 0 Å². The third-order valence-electron chi connectivity index (χ3n) is 9.32. The molecular formula is C51H48N4. The zero-order valence-corrected chi connectivity index (χ0v) is 31.8. The Balaban J connectivity index is 0.000000572. The maximum Gasteiger partial charge on any atom is 0.0639 e. The Labute approximate surface area is 327 Å². The molecule has 2 aliphatic rings. The lowest BCUT2D eigenvalue weighted by Crippen LogP contribution is -2.21. The van der Waals surface area contributed by atoms with Gasteiger partial charge in [-0.3, -0.25) is 0 Å². The van der Waals surface area contributed by atoms with Gasteiger partial charge < -0.3 is 20.9 Å². The number of anilines is 4. The van der Waals surface area contributed by atoms with Crippen molar-refractivity contribution in [2.75, 3.05) is 29.6 Å². The molecule has 0 unspecified atom stereocenters. The van der Waals surface area contributed by atoms with Crippen molar-refractivity contribution in [1.29, 1.82) is 0 Å². The van der Waals surface area contributed by atoms with E-state index in [0.717, 1.165) is 78.7 Å². The molecule has 5 aromatic carbocycles. The monoisotopic (exact) mass is 716 g/mol. The first-order chi connectivity index (χ1) is 27.1. The fourth-order valence-electron chi connectivity index (χ4n) is 6.80. The highest BCUT2D eigenvalue weighted by Crippen LogP contribution is 2.48. The lowest BCUT2D eigenvalue weighted by molar-refractivity contribution is 1.10. The molecule has 0 bridgehead atoms. The van der Waals surface area contributed by atoms with E-state index >= 15 is 0 Å². The lowest BCUT2D eigenvalue weighted by atomic mass is 9.85. The summed E-state index contributed by atoms with van der Waals surface area (Å²) in [7, 11) is 3.88. The molecule has 0 amide bonds. The Bertz CT molecular complexity index is 2340. The summed E-state index contributed by atoms with van der Waals surface area (Å²) in [5.74, 6) is 0. The number of benzene rings is 5. The first kappa shape index (κ1) is 37.7. The van der Waals surface area contributed by atoms with Crippen LogP contribution < -0.4 is 20.9 Å². The standard InChI is InChI=1S/C44H39N3.C7H9N/c1-5-17-34(18-6-2)42-40(45-4)29-27-39-43-38-25-14-13-22-36(38)31-35(33-19-9-7-10-20-33)21-15-16-30-46-41(43)28-26-32(3)47(44(39)42)37-23-11-8-12-24-37;1-8-7-5-3-2-4-6-7/h5-31,45-46H,1,3H2,2,4H3;2-6,8H,1H3/b18-6-,21-15-,28-26-,30-16+,34-17+,35-31+,43-41+;. The van der Waals surface area contributed by atoms with Crippen LogP contribution in [0.1, 0.15) is 34.7 Å². The summed E-state index contributed by atoms with van der Waals surface area (Å²) < 4.78 is 0. The lowest BCUT2D eigenvalue weighted by Gasteiger charge is -2.34. The van der Waals surface area contributed by atoms with Crippen LogP contribution >= 0.6 is 0 Å². The summed E-state index contributed by atoms with van der Waals surface area (Å²) in [5, 5.41) is 10.2. The van der Waals surface area contributed by atoms with Crippen LogP contribution in [0, 0.1) is 0 Å². The minimum Gasteiger partial charge on any atom is -0.388 e. The van der Waals surface area contributed by atoms with Gasteiger partial charge in [0.25, 0.3) is 0 Å². The fraction of sp³-hybridized carbons (Fsp3) is 0.0588. The number of nitrogens with one attached hydrogen (secondary N) is 3. The SMILES string of the molecule is C=C/C=C(\C=C/C)c1c(NC)ccc2c1N(c1ccccc1)C(=C)/C=C\C1=C/2c2ccccc2\C=C(c2ccccc2)/C=C\C=C\N1.CNc1ccccc1. The van der Waals surface area contributed by atoms with E-state index in [1.807, 2.05) is 75.8 Å². The van der Waals surface area contributed by atoms with E-state index in [1.165, 1.54) is 0 Å². The minimum atomic E-state index is 0.844. The van der Waals surface area contributed by atoms with Crippen LogP contribution in [-0.2, 0) is 0 Å². The Morgan fingerprint density at radius 2 is 1.40 bits per heavy atom. The van der Waals surface area contributed by atoms with Gasteiger partial charge in [-0.05, 0) is 89.4 Å². The zero-order valence-electron chi connectivity index (χ0n) is 31.8. The van der Waals surface area contributed by atoms with Crippen molar-refractivity contribution in [3.05, 3.63) is 241 Å². The molecule has 272 valence electrons. The highest BCUT2D eigenvalue weighted by molar-refractivity contribution is 6.03. The number of fused-ring (bicyclic) bond motifs is 4. The predicted molar refractivity (Wildman–Crippen MR) is 240 cm³/mol. The number of nitrogens with zero attached hydrogens (tertiary/aromatic N) is 1. The molecule has 3 N–H and O–H groups in total. The maximum absolute atomic E-state index is 4.61. The van der Waals surface area contributed by atoms with Crippen molar-refractivity contribution in [3.8, 4) is 0 Å². The number of hydrogen-bond acceptors (Lipinski definition) is 4. The molecule has 0 aromatic heterocycles. The average Bonchev–Trinajstić information content (AvgIpc) is 3.26. The van der Waals surface area contributed by atoms with Gasteiger partial charge in [0.1, 0.15) is 0 Å². The molecule has 4 nitrogen and oxygen atoms in total. The van der Waals surface area contributed by atoms with E-state index in [0.29, 0.717) is 0 Å². The minimum absolute atomic E-state index is 0.844. The fourth-order valence-corrected chi connectivity index (χ4v) is 6.80. The number of rotatable bonds is 7. The molecule has 0 radical (unpaired) electrons. The summed E-state index contributed by atoms with van der Waals surface area (Å²) in [6.07, 6.45) is 22.9. The quantitative estimate of drug-likeness (QED) is 0.147. The number of allylic oxidation sites excluding steroid dienone is 11. The maximum atomic E-state index is 4.61. The molecule has 0 aliphatic carbocycles. The van der Waals surface area contributed by atoms with Gasteiger partial charge in [-0.25, -0.2) is 0 Å². The Morgan fingerprint density at radius 3 is 2.07 bits per heavy atom. The van der Waals surface area contributed by atoms with Gasteiger partial charge in [-0.2, -0.15) is 0 Å². The predicted octanol–water partition coefficient (Wildman–Crippen LogP) is 12.8. The second-order valence-corrected chi connectivity index (χ2v) is 12.8. The van der Waals surface area contributed by atoms with E-state index < -0.39 is 0 Å². The van der Waals surface area contributed by atoms with Gasteiger partial charge in [0.2, 0.25) is 0 Å². The van der Waals surface area contributed by atoms with Crippen LogP contribution in [0.2, 0.25) is 0 Å². The molecule has 2 aliphatic heterocycles. The van der Waals surface area contributed by atoms with Gasteiger partial charge >= 0.3 is 0 Å². The van der Waals surface area contributed by atoms with Crippen LogP contribution in [0.25, 0.3) is 22.8 Å². The number of para-hydroxylation sites is 2. The van der Waals surface area contributed by atoms with Crippen LogP contribution in [0.3, 0.4) is 0 Å². The molecule has 0 spiro atoms. The van der Waals surface area contributed by atoms with Crippen molar-refractivity contribution in [2.24, 2.45) is 0 Å². The van der Waals surface area contributed by atoms with Crippen molar-refractivity contribution in [2.45, 2.75) is 6.92 Å². The van der Waals surface area contributed by atoms with Crippen molar-refractivity contribution in [1.82, 2.24) is 5.32 Å². The van der Waals surface area contributed by atoms with Gasteiger partial charge in [-0.15, -0.1) is 0 Å². The Kier molecular flexibility index (Phi) is 12.8. The molecule has 4 heteroatoms. The van der Waals surface area contributed by atoms with E-state index in [1.54, 1.807) is 0 Å². The molecular weight excluding hydrogens is 669 g/mol. The summed E-state index contributed by atoms with van der Waals surface area (Å²) >= 11 is 0. The summed E-state index contributed by atoms with van der Waals surface area (Å²) in [6, 6.07) is 44.1. The highest BCUT2D eigenvalue weighted by Gasteiger charge is 2.28. The smallest absolute Gasteiger partial charge is 0.0639 e. The van der Waals surface area contributed by atoms with Crippen molar-refractivity contribution >= 4 is 45.5 Å². The third-order valence-corrected chi connectivity index (χ3v) is 9.32. The van der Waals surface area contributed by atoms with E-state index in [-0.39, 0.29) is 0 Å². The van der Waals surface area contributed by atoms with Crippen LogP contribution in [0.15, 0.2) is 213 Å². The molecule has 55 heavy (non-hydrogen) atoms. The first-order valence-corrected chi connectivity index (χ1v) is 18.5. The summed E-state index contributed by atoms with van der Waals surface area (Å²) in [6.45, 7) is 10.7. The van der Waals surface area contributed by atoms with Gasteiger partial charge in [0, 0.05) is 65.5 Å². The Hall–Kier alpha value is -7.04. The topological polar surface area (TPSA) is 39.3 Å². The van der Waals surface area contributed by atoms with Crippen LogP contribution in [-0.4, -0.2) is 14.1 Å². The molecule has 0 saturated heterocycles. The van der Waals surface area contributed by atoms with Gasteiger partial charge in [0.05, 0.1) is 5.69 Å². The molecule has 0 fully saturated rings. The molecule has 2 heterocycles. The van der Waals surface area contributed by atoms with E-state index in [2.05, 4.69) is 174 Å². The third kappa shape index (κ3) is 8.78. The number of hydrogen-bond donors (Lipinski definition) is 3. The second-order valence-electron chi connectivity index (χ2n) is 12.8. The highest BCUT2D eigenvalue weighted by atomic mass is 15.2. The average molecular weight is 717 g/mol. The second kappa shape index (κ2) is 18.6. The normalized spacial score (nSPS) is 17.8. The van der Waals surface area contributed by atoms with Crippen LogP contribution in [0.4, 0.5) is 22.7 Å². The molecule has 5 aromatic rings. The molecule has 7 rings (SSSR count). The van der Waals surface area contributed by atoms with E-state index in [9.17, 15) is 0 Å². The summed E-state index contributed by atoms with van der Waals surface area (Å²) in [4.78, 5) is 2.27. The molecule has 0 saturated carbocycles. The Morgan fingerprint density at radius 1 is 0.709 bits per heavy atom.